The summed E-state index contributed by atoms with van der Waals surface area (Å²) in [7, 11) is 0. The van der Waals surface area contributed by atoms with Crippen molar-refractivity contribution < 1.29 is 9.72 Å². The molecule has 0 aromatic heterocycles. The van der Waals surface area contributed by atoms with E-state index in [9.17, 15) is 14.9 Å². The molecule has 2 aromatic rings. The molecule has 0 saturated heterocycles. The maximum Gasteiger partial charge on any atom is 0.273 e. The van der Waals surface area contributed by atoms with Gasteiger partial charge in [0.15, 0.2) is 0 Å². The summed E-state index contributed by atoms with van der Waals surface area (Å²) in [6.07, 6.45) is 0.224. The molecular formula is C15H12N2O3. The number of fused-ring (bicyclic) bond motifs is 1. The molecule has 5 heteroatoms. The number of anilines is 1. The fraction of sp³-hybridized carbons (Fsp3) is 0.133. The van der Waals surface area contributed by atoms with Crippen molar-refractivity contribution in [2.45, 2.75) is 12.3 Å². The highest BCUT2D eigenvalue weighted by molar-refractivity contribution is 5.95. The Morgan fingerprint density at radius 2 is 1.70 bits per heavy atom. The van der Waals surface area contributed by atoms with E-state index in [2.05, 4.69) is 5.32 Å². The Labute approximate surface area is 115 Å². The Morgan fingerprint density at radius 1 is 1.05 bits per heavy atom. The number of hydrogen-bond donors (Lipinski definition) is 1. The number of nitrogens with zero attached hydrogens (tertiary/aromatic N) is 1. The van der Waals surface area contributed by atoms with Crippen LogP contribution in [0.4, 0.5) is 11.4 Å². The van der Waals surface area contributed by atoms with E-state index in [0.717, 1.165) is 11.3 Å². The van der Waals surface area contributed by atoms with E-state index < -0.39 is 4.92 Å². The summed E-state index contributed by atoms with van der Waals surface area (Å²) in [6, 6.07) is 14.0. The van der Waals surface area contributed by atoms with Gasteiger partial charge in [-0.2, -0.15) is 0 Å². The van der Waals surface area contributed by atoms with Crippen LogP contribution in [0.25, 0.3) is 0 Å². The molecule has 100 valence electrons. The molecule has 0 fully saturated rings. The fourth-order valence-electron chi connectivity index (χ4n) is 2.64. The van der Waals surface area contributed by atoms with Crippen molar-refractivity contribution in [2.75, 3.05) is 5.32 Å². The van der Waals surface area contributed by atoms with Gasteiger partial charge in [-0.15, -0.1) is 0 Å². The van der Waals surface area contributed by atoms with Crippen LogP contribution in [0, 0.1) is 10.1 Å². The van der Waals surface area contributed by atoms with E-state index in [1.165, 1.54) is 6.07 Å². The van der Waals surface area contributed by atoms with Crippen LogP contribution in [0.5, 0.6) is 0 Å². The first-order valence-electron chi connectivity index (χ1n) is 6.29. The predicted molar refractivity (Wildman–Crippen MR) is 74.6 cm³/mol. The highest BCUT2D eigenvalue weighted by atomic mass is 16.6. The average Bonchev–Trinajstić information content (AvgIpc) is 2.46. The van der Waals surface area contributed by atoms with Crippen LogP contribution in [-0.2, 0) is 4.79 Å². The maximum atomic E-state index is 11.8. The van der Waals surface area contributed by atoms with Gasteiger partial charge in [-0.25, -0.2) is 0 Å². The van der Waals surface area contributed by atoms with Gasteiger partial charge in [0.25, 0.3) is 5.69 Å². The second-order valence-electron chi connectivity index (χ2n) is 4.71. The van der Waals surface area contributed by atoms with Gasteiger partial charge in [0.1, 0.15) is 0 Å². The monoisotopic (exact) mass is 268 g/mol. The topological polar surface area (TPSA) is 72.2 Å². The quantitative estimate of drug-likeness (QED) is 0.672. The summed E-state index contributed by atoms with van der Waals surface area (Å²) in [5, 5.41) is 14.0. The third-order valence-electron chi connectivity index (χ3n) is 3.51. The Balaban J connectivity index is 2.16. The molecule has 0 aliphatic carbocycles. The number of hydrogen-bond acceptors (Lipinski definition) is 3. The molecule has 1 amide bonds. The minimum absolute atomic E-state index is 0.0574. The molecule has 0 unspecified atom stereocenters. The lowest BCUT2D eigenvalue weighted by molar-refractivity contribution is -0.385. The molecule has 5 nitrogen and oxygen atoms in total. The van der Waals surface area contributed by atoms with Crippen molar-refractivity contribution in [1.82, 2.24) is 0 Å². The van der Waals surface area contributed by atoms with Gasteiger partial charge >= 0.3 is 0 Å². The molecular weight excluding hydrogens is 256 g/mol. The molecule has 1 N–H and O–H groups in total. The molecule has 3 rings (SSSR count). The van der Waals surface area contributed by atoms with Gasteiger partial charge < -0.3 is 5.32 Å². The first-order valence-corrected chi connectivity index (χ1v) is 6.29. The van der Waals surface area contributed by atoms with Crippen LogP contribution in [0.3, 0.4) is 0 Å². The Hall–Kier alpha value is -2.69. The smallest absolute Gasteiger partial charge is 0.273 e. The largest absolute Gasteiger partial charge is 0.326 e. The number of amides is 1. The first-order chi connectivity index (χ1) is 9.66. The second-order valence-corrected chi connectivity index (χ2v) is 4.71. The number of nitrogens with one attached hydrogen (secondary N) is 1. The van der Waals surface area contributed by atoms with Crippen LogP contribution in [-0.4, -0.2) is 10.8 Å². The maximum absolute atomic E-state index is 11.8. The van der Waals surface area contributed by atoms with E-state index in [1.54, 1.807) is 18.2 Å². The summed E-state index contributed by atoms with van der Waals surface area (Å²) >= 11 is 0. The minimum Gasteiger partial charge on any atom is -0.326 e. The highest BCUT2D eigenvalue weighted by Gasteiger charge is 2.30. The third kappa shape index (κ3) is 2.03. The lowest BCUT2D eigenvalue weighted by Gasteiger charge is -2.25. The van der Waals surface area contributed by atoms with Gasteiger partial charge in [0.2, 0.25) is 5.91 Å². The molecule has 1 aliphatic heterocycles. The molecule has 0 saturated carbocycles. The summed E-state index contributed by atoms with van der Waals surface area (Å²) in [6.45, 7) is 0. The zero-order chi connectivity index (χ0) is 14.1. The number of para-hydroxylation sites is 2. The molecule has 1 heterocycles. The number of nitro benzene ring substituents is 1. The second kappa shape index (κ2) is 4.77. The van der Waals surface area contributed by atoms with Crippen LogP contribution in [0.15, 0.2) is 48.5 Å². The van der Waals surface area contributed by atoms with Gasteiger partial charge in [0, 0.05) is 29.7 Å². The van der Waals surface area contributed by atoms with Crippen molar-refractivity contribution in [3.63, 3.8) is 0 Å². The Bertz CT molecular complexity index is 697. The summed E-state index contributed by atoms with van der Waals surface area (Å²) < 4.78 is 0. The first kappa shape index (κ1) is 12.3. The minimum atomic E-state index is -0.398. The van der Waals surface area contributed by atoms with E-state index in [1.807, 2.05) is 24.3 Å². The lowest BCUT2D eigenvalue weighted by Crippen LogP contribution is -2.23. The number of carbonyl (C=O) groups excluding carboxylic acids is 1. The zero-order valence-corrected chi connectivity index (χ0v) is 10.6. The standard InChI is InChI=1S/C15H12N2O3/c18-15-9-12(10-5-1-3-7-13(10)16-15)11-6-2-4-8-14(11)17(19)20/h1-8,12H,9H2,(H,16,18)/t12-/m0/s1. The van der Waals surface area contributed by atoms with Gasteiger partial charge in [-0.3, -0.25) is 14.9 Å². The van der Waals surface area contributed by atoms with E-state index in [0.29, 0.717) is 5.56 Å². The average molecular weight is 268 g/mol. The molecule has 20 heavy (non-hydrogen) atoms. The zero-order valence-electron chi connectivity index (χ0n) is 10.6. The van der Waals surface area contributed by atoms with Crippen molar-refractivity contribution in [3.8, 4) is 0 Å². The Kier molecular flexibility index (Phi) is 2.95. The molecule has 0 spiro atoms. The molecule has 2 aromatic carbocycles. The van der Waals surface area contributed by atoms with Gasteiger partial charge in [-0.1, -0.05) is 36.4 Å². The number of carbonyl (C=O) groups is 1. The number of benzene rings is 2. The number of rotatable bonds is 2. The van der Waals surface area contributed by atoms with Crippen LogP contribution in [0.1, 0.15) is 23.5 Å². The van der Waals surface area contributed by atoms with Crippen LogP contribution in [0.2, 0.25) is 0 Å². The van der Waals surface area contributed by atoms with Crippen molar-refractivity contribution >= 4 is 17.3 Å². The van der Waals surface area contributed by atoms with Crippen molar-refractivity contribution in [3.05, 3.63) is 69.8 Å². The molecule has 0 radical (unpaired) electrons. The highest BCUT2D eigenvalue weighted by Crippen LogP contribution is 2.40. The molecule has 1 aliphatic rings. The summed E-state index contributed by atoms with van der Waals surface area (Å²) in [4.78, 5) is 22.6. The van der Waals surface area contributed by atoms with E-state index in [4.69, 9.17) is 0 Å². The van der Waals surface area contributed by atoms with Crippen molar-refractivity contribution in [1.29, 1.82) is 0 Å². The third-order valence-corrected chi connectivity index (χ3v) is 3.51. The van der Waals surface area contributed by atoms with Gasteiger partial charge in [0.05, 0.1) is 4.92 Å². The Morgan fingerprint density at radius 3 is 2.45 bits per heavy atom. The molecule has 1 atom stereocenters. The number of nitro groups is 1. The van der Waals surface area contributed by atoms with Gasteiger partial charge in [-0.05, 0) is 11.6 Å². The summed E-state index contributed by atoms with van der Waals surface area (Å²) in [5.74, 6) is -0.395. The van der Waals surface area contributed by atoms with E-state index >= 15 is 0 Å². The van der Waals surface area contributed by atoms with E-state index in [-0.39, 0.29) is 23.9 Å². The lowest BCUT2D eigenvalue weighted by atomic mass is 9.84. The SMILES string of the molecule is O=C1C[C@H](c2ccccc2[N+](=O)[O-])c2ccccc2N1. The van der Waals surface area contributed by atoms with Crippen LogP contribution < -0.4 is 5.32 Å². The molecule has 0 bridgehead atoms. The predicted octanol–water partition coefficient (Wildman–Crippen LogP) is 3.07. The van der Waals surface area contributed by atoms with Crippen LogP contribution >= 0.6 is 0 Å². The fourth-order valence-corrected chi connectivity index (χ4v) is 2.64. The normalized spacial score (nSPS) is 17.2. The summed E-state index contributed by atoms with van der Waals surface area (Å²) in [5.41, 5.74) is 2.29. The van der Waals surface area contributed by atoms with Crippen molar-refractivity contribution in [2.24, 2.45) is 0 Å².